The van der Waals surface area contributed by atoms with E-state index in [2.05, 4.69) is 10.6 Å². The van der Waals surface area contributed by atoms with E-state index < -0.39 is 17.5 Å². The molecule has 5 heteroatoms. The zero-order chi connectivity index (χ0) is 10.5. The number of carboxylic acid groups (broad SMARTS) is 1. The van der Waals surface area contributed by atoms with Crippen LogP contribution < -0.4 is 10.6 Å². The van der Waals surface area contributed by atoms with Gasteiger partial charge in [-0.3, -0.25) is 0 Å². The molecule has 5 nitrogen and oxygen atoms in total. The molecular formula is C8H16N2O3. The van der Waals surface area contributed by atoms with Gasteiger partial charge in [-0.15, -0.1) is 0 Å². The monoisotopic (exact) mass is 188 g/mol. The third-order valence-electron chi connectivity index (χ3n) is 2.20. The van der Waals surface area contributed by atoms with E-state index >= 15 is 0 Å². The minimum Gasteiger partial charge on any atom is -0.480 e. The van der Waals surface area contributed by atoms with Crippen molar-refractivity contribution in [2.45, 2.75) is 32.2 Å². The highest BCUT2D eigenvalue weighted by atomic mass is 16.4. The first kappa shape index (κ1) is 11.7. The molecule has 0 saturated carbocycles. The Balaban J connectivity index is 4.57. The maximum absolute atomic E-state index is 11.0. The van der Waals surface area contributed by atoms with Crippen molar-refractivity contribution < 1.29 is 14.7 Å². The van der Waals surface area contributed by atoms with Gasteiger partial charge >= 0.3 is 12.0 Å². The van der Waals surface area contributed by atoms with Gasteiger partial charge in [0.2, 0.25) is 0 Å². The standard InChI is InChI=1S/C8H16N2O3/c1-4-8(5-2,6(11)12)10-7(13)9-3/h4-5H2,1-3H3,(H,11,12)(H2,9,10,13). The minimum atomic E-state index is -1.14. The molecule has 3 N–H and O–H groups in total. The maximum atomic E-state index is 11.0. The number of amides is 2. The van der Waals surface area contributed by atoms with E-state index in [0.29, 0.717) is 12.8 Å². The SMILES string of the molecule is CCC(CC)(NC(=O)NC)C(=O)O. The van der Waals surface area contributed by atoms with Crippen molar-refractivity contribution in [3.63, 3.8) is 0 Å². The second-order valence-corrected chi connectivity index (χ2v) is 2.80. The predicted molar refractivity (Wildman–Crippen MR) is 48.5 cm³/mol. The summed E-state index contributed by atoms with van der Waals surface area (Å²) in [5, 5.41) is 13.7. The molecule has 0 heterocycles. The number of urea groups is 1. The molecule has 0 aromatic carbocycles. The van der Waals surface area contributed by atoms with Gasteiger partial charge in [-0.2, -0.15) is 0 Å². The van der Waals surface area contributed by atoms with Crippen molar-refractivity contribution in [3.8, 4) is 0 Å². The van der Waals surface area contributed by atoms with Crippen molar-refractivity contribution in [1.82, 2.24) is 10.6 Å². The Kier molecular flexibility index (Phi) is 4.23. The van der Waals surface area contributed by atoms with Crippen LogP contribution >= 0.6 is 0 Å². The normalized spacial score (nSPS) is 10.7. The molecule has 0 aromatic rings. The molecule has 0 aromatic heterocycles. The zero-order valence-electron chi connectivity index (χ0n) is 8.18. The first-order valence-corrected chi connectivity index (χ1v) is 4.25. The second kappa shape index (κ2) is 4.69. The molecule has 0 aliphatic carbocycles. The van der Waals surface area contributed by atoms with Crippen LogP contribution in [0, 0.1) is 0 Å². The van der Waals surface area contributed by atoms with Crippen LogP contribution in [0.25, 0.3) is 0 Å². The zero-order valence-corrected chi connectivity index (χ0v) is 8.18. The summed E-state index contributed by atoms with van der Waals surface area (Å²) in [5.41, 5.74) is -1.14. The van der Waals surface area contributed by atoms with Crippen LogP contribution in [-0.4, -0.2) is 29.7 Å². The molecule has 0 saturated heterocycles. The summed E-state index contributed by atoms with van der Waals surface area (Å²) in [4.78, 5) is 21.9. The summed E-state index contributed by atoms with van der Waals surface area (Å²) in [7, 11) is 1.45. The average molecular weight is 188 g/mol. The Morgan fingerprint density at radius 1 is 1.31 bits per heavy atom. The molecule has 0 atom stereocenters. The summed E-state index contributed by atoms with van der Waals surface area (Å²) in [5.74, 6) is -0.999. The van der Waals surface area contributed by atoms with Gasteiger partial charge in [-0.05, 0) is 12.8 Å². The number of rotatable bonds is 4. The Bertz CT molecular complexity index is 200. The topological polar surface area (TPSA) is 78.4 Å². The molecule has 0 radical (unpaired) electrons. The van der Waals surface area contributed by atoms with Crippen LogP contribution in [0.3, 0.4) is 0 Å². The predicted octanol–water partition coefficient (Wildman–Crippen LogP) is 0.559. The number of carbonyl (C=O) groups is 2. The lowest BCUT2D eigenvalue weighted by molar-refractivity contribution is -0.144. The molecule has 0 rings (SSSR count). The number of hydrogen-bond donors (Lipinski definition) is 3. The second-order valence-electron chi connectivity index (χ2n) is 2.80. The summed E-state index contributed by atoms with van der Waals surface area (Å²) in [6.45, 7) is 3.46. The fraction of sp³-hybridized carbons (Fsp3) is 0.750. The highest BCUT2D eigenvalue weighted by molar-refractivity contribution is 5.86. The summed E-state index contributed by atoms with van der Waals surface area (Å²) >= 11 is 0. The van der Waals surface area contributed by atoms with Gasteiger partial charge < -0.3 is 15.7 Å². The van der Waals surface area contributed by atoms with Crippen LogP contribution in [0.2, 0.25) is 0 Å². The number of carboxylic acids is 1. The van der Waals surface area contributed by atoms with Crippen molar-refractivity contribution in [2.24, 2.45) is 0 Å². The molecule has 76 valence electrons. The molecule has 0 aliphatic rings. The Morgan fingerprint density at radius 2 is 1.77 bits per heavy atom. The van der Waals surface area contributed by atoms with E-state index in [-0.39, 0.29) is 0 Å². The third kappa shape index (κ3) is 2.61. The van der Waals surface area contributed by atoms with E-state index in [0.717, 1.165) is 0 Å². The van der Waals surface area contributed by atoms with E-state index in [1.807, 2.05) is 0 Å². The van der Waals surface area contributed by atoms with Crippen LogP contribution in [0.5, 0.6) is 0 Å². The smallest absolute Gasteiger partial charge is 0.329 e. The van der Waals surface area contributed by atoms with Crippen molar-refractivity contribution in [3.05, 3.63) is 0 Å². The fourth-order valence-electron chi connectivity index (χ4n) is 1.06. The molecule has 2 amide bonds. The third-order valence-corrected chi connectivity index (χ3v) is 2.20. The fourth-order valence-corrected chi connectivity index (χ4v) is 1.06. The molecule has 0 unspecified atom stereocenters. The van der Waals surface area contributed by atoms with Crippen molar-refractivity contribution in [2.75, 3.05) is 7.05 Å². The van der Waals surface area contributed by atoms with Gasteiger partial charge in [0.15, 0.2) is 0 Å². The van der Waals surface area contributed by atoms with Crippen molar-refractivity contribution in [1.29, 1.82) is 0 Å². The Morgan fingerprint density at radius 3 is 2.00 bits per heavy atom. The van der Waals surface area contributed by atoms with E-state index in [4.69, 9.17) is 5.11 Å². The highest BCUT2D eigenvalue weighted by Gasteiger charge is 2.35. The lowest BCUT2D eigenvalue weighted by Gasteiger charge is -2.27. The lowest BCUT2D eigenvalue weighted by atomic mass is 9.93. The van der Waals surface area contributed by atoms with Gasteiger partial charge in [0, 0.05) is 7.05 Å². The molecule has 0 fully saturated rings. The number of carbonyl (C=O) groups excluding carboxylic acids is 1. The van der Waals surface area contributed by atoms with Crippen LogP contribution in [-0.2, 0) is 4.79 Å². The first-order valence-electron chi connectivity index (χ1n) is 4.25. The summed E-state index contributed by atoms with van der Waals surface area (Å²) in [6.07, 6.45) is 0.735. The minimum absolute atomic E-state index is 0.367. The highest BCUT2D eigenvalue weighted by Crippen LogP contribution is 2.14. The average Bonchev–Trinajstić information content (AvgIpc) is 2.13. The largest absolute Gasteiger partial charge is 0.480 e. The molecular weight excluding hydrogens is 172 g/mol. The van der Waals surface area contributed by atoms with Gasteiger partial charge in [-0.1, -0.05) is 13.8 Å². The quantitative estimate of drug-likeness (QED) is 0.603. The van der Waals surface area contributed by atoms with E-state index in [1.54, 1.807) is 13.8 Å². The van der Waals surface area contributed by atoms with Gasteiger partial charge in [-0.25, -0.2) is 9.59 Å². The molecule has 0 bridgehead atoms. The Labute approximate surface area is 77.5 Å². The number of aliphatic carboxylic acids is 1. The van der Waals surface area contributed by atoms with Gasteiger partial charge in [0.1, 0.15) is 5.54 Å². The van der Waals surface area contributed by atoms with Crippen LogP contribution in [0.15, 0.2) is 0 Å². The van der Waals surface area contributed by atoms with Crippen molar-refractivity contribution >= 4 is 12.0 Å². The number of hydrogen-bond acceptors (Lipinski definition) is 2. The first-order chi connectivity index (χ1) is 6.02. The van der Waals surface area contributed by atoms with E-state index in [9.17, 15) is 9.59 Å². The van der Waals surface area contributed by atoms with Gasteiger partial charge in [0.05, 0.1) is 0 Å². The lowest BCUT2D eigenvalue weighted by Crippen LogP contribution is -2.56. The summed E-state index contributed by atoms with van der Waals surface area (Å²) < 4.78 is 0. The molecule has 0 aliphatic heterocycles. The Hall–Kier alpha value is -1.26. The number of nitrogens with one attached hydrogen (secondary N) is 2. The van der Waals surface area contributed by atoms with Crippen LogP contribution in [0.1, 0.15) is 26.7 Å². The maximum Gasteiger partial charge on any atom is 0.329 e. The van der Waals surface area contributed by atoms with Crippen LogP contribution in [0.4, 0.5) is 4.79 Å². The molecule has 0 spiro atoms. The summed E-state index contributed by atoms with van der Waals surface area (Å²) in [6, 6.07) is -0.467. The van der Waals surface area contributed by atoms with E-state index in [1.165, 1.54) is 7.05 Å². The molecule has 13 heavy (non-hydrogen) atoms. The van der Waals surface area contributed by atoms with Gasteiger partial charge in [0.25, 0.3) is 0 Å².